The van der Waals surface area contributed by atoms with Gasteiger partial charge in [0.2, 0.25) is 5.91 Å². The summed E-state index contributed by atoms with van der Waals surface area (Å²) in [7, 11) is 4.05. The summed E-state index contributed by atoms with van der Waals surface area (Å²) >= 11 is 0. The van der Waals surface area contributed by atoms with Crippen molar-refractivity contribution in [3.05, 3.63) is 65.7 Å². The van der Waals surface area contributed by atoms with E-state index in [1.807, 2.05) is 44.4 Å². The second-order valence-electron chi connectivity index (χ2n) is 8.72. The van der Waals surface area contributed by atoms with Crippen LogP contribution < -0.4 is 10.1 Å². The van der Waals surface area contributed by atoms with Crippen molar-refractivity contribution in [2.45, 2.75) is 38.6 Å². The van der Waals surface area contributed by atoms with Gasteiger partial charge in [0.05, 0.1) is 5.92 Å². The third kappa shape index (κ3) is 4.73. The highest BCUT2D eigenvalue weighted by Gasteiger charge is 2.62. The van der Waals surface area contributed by atoms with E-state index in [0.717, 1.165) is 12.0 Å². The van der Waals surface area contributed by atoms with Crippen LogP contribution in [0.15, 0.2) is 54.6 Å². The van der Waals surface area contributed by atoms with Crippen LogP contribution in [0.3, 0.4) is 0 Å². The minimum atomic E-state index is -0.326. The van der Waals surface area contributed by atoms with E-state index in [1.54, 1.807) is 12.1 Å². The van der Waals surface area contributed by atoms with E-state index in [0.29, 0.717) is 18.2 Å². The molecule has 1 N–H and O–H groups in total. The number of carbonyl (C=O) groups is 2. The Kier molecular flexibility index (Phi) is 6.61. The van der Waals surface area contributed by atoms with Crippen molar-refractivity contribution >= 4 is 11.9 Å². The van der Waals surface area contributed by atoms with Gasteiger partial charge in [0.25, 0.3) is 0 Å². The molecule has 0 unspecified atom stereocenters. The Bertz CT molecular complexity index is 879. The van der Waals surface area contributed by atoms with Gasteiger partial charge in [-0.1, -0.05) is 56.3 Å². The van der Waals surface area contributed by atoms with Gasteiger partial charge in [0.1, 0.15) is 5.75 Å². The lowest BCUT2D eigenvalue weighted by Crippen LogP contribution is -2.42. The van der Waals surface area contributed by atoms with Crippen molar-refractivity contribution in [3.8, 4) is 5.75 Å². The Morgan fingerprint density at radius 1 is 1.10 bits per heavy atom. The number of esters is 1. The van der Waals surface area contributed by atoms with Crippen molar-refractivity contribution in [1.29, 1.82) is 0 Å². The number of rotatable bonds is 8. The molecular weight excluding hydrogens is 376 g/mol. The van der Waals surface area contributed by atoms with E-state index in [1.165, 1.54) is 12.5 Å². The molecule has 2 aromatic carbocycles. The maximum Gasteiger partial charge on any atom is 0.308 e. The third-order valence-electron chi connectivity index (χ3n) is 6.56. The van der Waals surface area contributed by atoms with Crippen LogP contribution in [-0.2, 0) is 21.4 Å². The first-order chi connectivity index (χ1) is 14.2. The molecule has 0 saturated heterocycles. The molecule has 5 nitrogen and oxygen atoms in total. The van der Waals surface area contributed by atoms with Crippen LogP contribution in [0.1, 0.15) is 31.9 Å². The van der Waals surface area contributed by atoms with E-state index in [2.05, 4.69) is 36.2 Å². The van der Waals surface area contributed by atoms with Gasteiger partial charge in [-0.05, 0) is 49.7 Å². The quantitative estimate of drug-likeness (QED) is 0.537. The monoisotopic (exact) mass is 408 g/mol. The summed E-state index contributed by atoms with van der Waals surface area (Å²) in [5.74, 6) is 0.681. The zero-order chi connectivity index (χ0) is 21.9. The molecule has 0 aliphatic heterocycles. The van der Waals surface area contributed by atoms with Crippen molar-refractivity contribution < 1.29 is 14.3 Å². The molecule has 3 rings (SSSR count). The molecule has 1 aliphatic rings. The van der Waals surface area contributed by atoms with E-state index < -0.39 is 0 Å². The number of hydrogen-bond donors (Lipinski definition) is 1. The first kappa shape index (κ1) is 22.0. The van der Waals surface area contributed by atoms with Gasteiger partial charge < -0.3 is 15.0 Å². The van der Waals surface area contributed by atoms with E-state index in [9.17, 15) is 9.59 Å². The molecule has 4 atom stereocenters. The SMILES string of the molecule is CC(=O)Oc1ccc(C[C@@H](CNC(=O)[C@@H]2[C@H](C)[C@@]2(C)c2ccccc2)N(C)C)cc1. The number of benzene rings is 2. The van der Waals surface area contributed by atoms with E-state index >= 15 is 0 Å². The van der Waals surface area contributed by atoms with Crippen molar-refractivity contribution in [2.75, 3.05) is 20.6 Å². The molecule has 1 aliphatic carbocycles. The van der Waals surface area contributed by atoms with Gasteiger partial charge in [0, 0.05) is 24.9 Å². The van der Waals surface area contributed by atoms with E-state index in [4.69, 9.17) is 4.74 Å². The van der Waals surface area contributed by atoms with Gasteiger partial charge in [-0.3, -0.25) is 9.59 Å². The number of likely N-dealkylation sites (N-methyl/N-ethyl adjacent to an activating group) is 1. The Morgan fingerprint density at radius 2 is 1.73 bits per heavy atom. The second-order valence-corrected chi connectivity index (χ2v) is 8.72. The van der Waals surface area contributed by atoms with Gasteiger partial charge in [-0.2, -0.15) is 0 Å². The summed E-state index contributed by atoms with van der Waals surface area (Å²) in [4.78, 5) is 26.1. The van der Waals surface area contributed by atoms with Crippen LogP contribution in [0.4, 0.5) is 0 Å². The average molecular weight is 409 g/mol. The summed E-state index contributed by atoms with van der Waals surface area (Å²) in [6, 6.07) is 18.0. The molecule has 160 valence electrons. The van der Waals surface area contributed by atoms with Crippen LogP contribution >= 0.6 is 0 Å². The molecule has 0 bridgehead atoms. The molecule has 2 aromatic rings. The summed E-state index contributed by atoms with van der Waals surface area (Å²) in [6.07, 6.45) is 0.795. The highest BCUT2D eigenvalue weighted by molar-refractivity contribution is 5.85. The summed E-state index contributed by atoms with van der Waals surface area (Å²) in [6.45, 7) is 6.32. The van der Waals surface area contributed by atoms with Crippen molar-refractivity contribution in [1.82, 2.24) is 10.2 Å². The van der Waals surface area contributed by atoms with Crippen LogP contribution in [0.5, 0.6) is 5.75 Å². The van der Waals surface area contributed by atoms with Crippen LogP contribution in [0.25, 0.3) is 0 Å². The highest BCUT2D eigenvalue weighted by Crippen LogP contribution is 2.59. The van der Waals surface area contributed by atoms with Crippen LogP contribution in [-0.4, -0.2) is 43.5 Å². The topological polar surface area (TPSA) is 58.6 Å². The molecule has 0 spiro atoms. The highest BCUT2D eigenvalue weighted by atomic mass is 16.5. The zero-order valence-corrected chi connectivity index (χ0v) is 18.5. The molecule has 30 heavy (non-hydrogen) atoms. The predicted octanol–water partition coefficient (Wildman–Crippen LogP) is 3.42. The first-order valence-electron chi connectivity index (χ1n) is 10.5. The van der Waals surface area contributed by atoms with E-state index in [-0.39, 0.29) is 29.3 Å². The fraction of sp³-hybridized carbons (Fsp3) is 0.440. The Labute approximate surface area is 179 Å². The lowest BCUT2D eigenvalue weighted by atomic mass is 9.94. The minimum absolute atomic E-state index is 0.00530. The predicted molar refractivity (Wildman–Crippen MR) is 118 cm³/mol. The lowest BCUT2D eigenvalue weighted by molar-refractivity contribution is -0.131. The van der Waals surface area contributed by atoms with Gasteiger partial charge in [-0.15, -0.1) is 0 Å². The molecule has 0 radical (unpaired) electrons. The van der Waals surface area contributed by atoms with Crippen LogP contribution in [0, 0.1) is 11.8 Å². The summed E-state index contributed by atoms with van der Waals surface area (Å²) in [5, 5.41) is 3.19. The standard InChI is InChI=1S/C25H32N2O3/c1-17-23(25(17,3)20-9-7-6-8-10-20)24(29)26-16-21(27(4)5)15-19-11-13-22(14-12-19)30-18(2)28/h6-14,17,21,23H,15-16H2,1-5H3,(H,26,29)/t17-,21-,23-,25-/m0/s1. The number of ether oxygens (including phenoxy) is 1. The molecule has 1 fully saturated rings. The minimum Gasteiger partial charge on any atom is -0.427 e. The number of hydrogen-bond acceptors (Lipinski definition) is 4. The number of nitrogens with one attached hydrogen (secondary N) is 1. The second kappa shape index (κ2) is 9.00. The van der Waals surface area contributed by atoms with Crippen molar-refractivity contribution in [3.63, 3.8) is 0 Å². The number of amides is 1. The zero-order valence-electron chi connectivity index (χ0n) is 18.5. The van der Waals surface area contributed by atoms with Crippen LogP contribution in [0.2, 0.25) is 0 Å². The number of carbonyl (C=O) groups excluding carboxylic acids is 2. The third-order valence-corrected chi connectivity index (χ3v) is 6.56. The molecule has 1 amide bonds. The Hall–Kier alpha value is -2.66. The fourth-order valence-electron chi connectivity index (χ4n) is 4.36. The lowest BCUT2D eigenvalue weighted by Gasteiger charge is -2.25. The van der Waals surface area contributed by atoms with Gasteiger partial charge in [0.15, 0.2) is 0 Å². The first-order valence-corrected chi connectivity index (χ1v) is 10.5. The molecule has 1 saturated carbocycles. The molecule has 0 heterocycles. The average Bonchev–Trinajstić information content (AvgIpc) is 3.28. The van der Waals surface area contributed by atoms with Gasteiger partial charge in [-0.25, -0.2) is 0 Å². The maximum absolute atomic E-state index is 13.0. The Balaban J connectivity index is 1.58. The fourth-order valence-corrected chi connectivity index (χ4v) is 4.36. The normalized spacial score (nSPS) is 23.7. The maximum atomic E-state index is 13.0. The molecule has 5 heteroatoms. The molecule has 0 aromatic heterocycles. The van der Waals surface area contributed by atoms with Crippen molar-refractivity contribution in [2.24, 2.45) is 11.8 Å². The Morgan fingerprint density at radius 3 is 2.30 bits per heavy atom. The molecular formula is C25H32N2O3. The summed E-state index contributed by atoms with van der Waals surface area (Å²) in [5.41, 5.74) is 2.27. The van der Waals surface area contributed by atoms with Gasteiger partial charge >= 0.3 is 5.97 Å². The smallest absolute Gasteiger partial charge is 0.308 e. The largest absolute Gasteiger partial charge is 0.427 e. The summed E-state index contributed by atoms with van der Waals surface area (Å²) < 4.78 is 5.09. The number of nitrogens with zero attached hydrogens (tertiary/aromatic N) is 1.